The smallest absolute Gasteiger partial charge is 0.231 e. The number of amides is 1. The fourth-order valence-electron chi connectivity index (χ4n) is 3.54. The van der Waals surface area contributed by atoms with Gasteiger partial charge in [0.1, 0.15) is 5.76 Å². The lowest BCUT2D eigenvalue weighted by Crippen LogP contribution is -2.32. The number of carbonyl (C=O) groups is 1. The Morgan fingerprint density at radius 2 is 1.90 bits per heavy atom. The molecule has 2 fully saturated rings. The van der Waals surface area contributed by atoms with Gasteiger partial charge in [0.05, 0.1) is 18.7 Å². The first-order valence-electron chi connectivity index (χ1n) is 7.42. The summed E-state index contributed by atoms with van der Waals surface area (Å²) in [7, 11) is 0. The van der Waals surface area contributed by atoms with Crippen molar-refractivity contribution in [1.82, 2.24) is 4.90 Å². The van der Waals surface area contributed by atoms with E-state index in [4.69, 9.17) is 4.42 Å². The van der Waals surface area contributed by atoms with Gasteiger partial charge in [-0.1, -0.05) is 18.2 Å². The molecule has 0 bridgehead atoms. The summed E-state index contributed by atoms with van der Waals surface area (Å²) in [4.78, 5) is 16.9. The van der Waals surface area contributed by atoms with E-state index in [1.54, 1.807) is 6.26 Å². The number of benzene rings is 1. The Morgan fingerprint density at radius 1 is 1.05 bits per heavy atom. The third-order valence-electron chi connectivity index (χ3n) is 4.54. The lowest BCUT2D eigenvalue weighted by Gasteiger charge is -2.21. The van der Waals surface area contributed by atoms with Gasteiger partial charge in [-0.05, 0) is 24.3 Å². The van der Waals surface area contributed by atoms with E-state index in [0.717, 1.165) is 37.6 Å². The minimum atomic E-state index is 0.139. The summed E-state index contributed by atoms with van der Waals surface area (Å²) in [6.07, 6.45) is 1.70. The first-order chi connectivity index (χ1) is 10.3. The minimum absolute atomic E-state index is 0.139. The lowest BCUT2D eigenvalue weighted by atomic mass is 10.0. The predicted molar refractivity (Wildman–Crippen MR) is 79.8 cm³/mol. The van der Waals surface area contributed by atoms with Crippen LogP contribution < -0.4 is 4.90 Å². The summed E-state index contributed by atoms with van der Waals surface area (Å²) < 4.78 is 5.40. The Kier molecular flexibility index (Phi) is 3.04. The van der Waals surface area contributed by atoms with Crippen molar-refractivity contribution >= 4 is 11.6 Å². The summed E-state index contributed by atoms with van der Waals surface area (Å²) >= 11 is 0. The molecule has 0 spiro atoms. The predicted octanol–water partition coefficient (Wildman–Crippen LogP) is 2.37. The van der Waals surface area contributed by atoms with Crippen molar-refractivity contribution in [3.63, 3.8) is 0 Å². The number of nitrogens with zero attached hydrogens (tertiary/aromatic N) is 2. The molecular weight excluding hydrogens is 264 g/mol. The van der Waals surface area contributed by atoms with E-state index in [1.807, 2.05) is 47.4 Å². The summed E-state index contributed by atoms with van der Waals surface area (Å²) in [5.74, 6) is 1.82. The van der Waals surface area contributed by atoms with Crippen LogP contribution in [0.1, 0.15) is 5.76 Å². The minimum Gasteiger partial charge on any atom is -0.468 e. The first-order valence-corrected chi connectivity index (χ1v) is 7.42. The topological polar surface area (TPSA) is 36.7 Å². The van der Waals surface area contributed by atoms with Crippen molar-refractivity contribution in [3.8, 4) is 0 Å². The van der Waals surface area contributed by atoms with E-state index in [-0.39, 0.29) is 11.8 Å². The van der Waals surface area contributed by atoms with Gasteiger partial charge in [-0.3, -0.25) is 9.69 Å². The number of furan rings is 1. The van der Waals surface area contributed by atoms with Crippen LogP contribution in [0.15, 0.2) is 53.1 Å². The summed E-state index contributed by atoms with van der Waals surface area (Å²) in [5.41, 5.74) is 1.02. The molecule has 2 aromatic rings. The molecule has 0 radical (unpaired) electrons. The maximum Gasteiger partial charge on any atom is 0.231 e. The van der Waals surface area contributed by atoms with Gasteiger partial charge in [0.15, 0.2) is 0 Å². The quantitative estimate of drug-likeness (QED) is 0.867. The van der Waals surface area contributed by atoms with E-state index in [1.165, 1.54) is 0 Å². The zero-order chi connectivity index (χ0) is 14.2. The van der Waals surface area contributed by atoms with Gasteiger partial charge in [-0.2, -0.15) is 0 Å². The van der Waals surface area contributed by atoms with Crippen LogP contribution >= 0.6 is 0 Å². The maximum atomic E-state index is 12.6. The van der Waals surface area contributed by atoms with Gasteiger partial charge < -0.3 is 9.32 Å². The molecule has 4 heteroatoms. The van der Waals surface area contributed by atoms with Crippen LogP contribution in [0.25, 0.3) is 0 Å². The molecule has 108 valence electrons. The molecule has 0 saturated carbocycles. The van der Waals surface area contributed by atoms with E-state index >= 15 is 0 Å². The number of carbonyl (C=O) groups excluding carboxylic acids is 1. The van der Waals surface area contributed by atoms with Crippen LogP contribution in [-0.4, -0.2) is 30.4 Å². The normalized spacial score (nSPS) is 25.5. The van der Waals surface area contributed by atoms with Gasteiger partial charge in [-0.25, -0.2) is 0 Å². The van der Waals surface area contributed by atoms with Crippen molar-refractivity contribution in [2.75, 3.05) is 24.5 Å². The van der Waals surface area contributed by atoms with E-state index in [9.17, 15) is 4.79 Å². The number of likely N-dealkylation sites (tertiary alicyclic amines) is 1. The Balaban J connectivity index is 1.45. The average Bonchev–Trinajstić information content (AvgIpc) is 3.20. The van der Waals surface area contributed by atoms with Crippen molar-refractivity contribution in [2.45, 2.75) is 6.54 Å². The SMILES string of the molecule is O=C1[C@H]2CN(Cc3ccco3)C[C@H]2CN1c1ccccc1. The monoisotopic (exact) mass is 282 g/mol. The molecule has 2 aliphatic heterocycles. The third-order valence-corrected chi connectivity index (χ3v) is 4.54. The molecule has 1 aromatic heterocycles. The molecule has 2 saturated heterocycles. The van der Waals surface area contributed by atoms with Crippen LogP contribution in [-0.2, 0) is 11.3 Å². The van der Waals surface area contributed by atoms with Crippen LogP contribution in [0.4, 0.5) is 5.69 Å². The van der Waals surface area contributed by atoms with Crippen molar-refractivity contribution in [2.24, 2.45) is 11.8 Å². The van der Waals surface area contributed by atoms with Gasteiger partial charge in [-0.15, -0.1) is 0 Å². The van der Waals surface area contributed by atoms with E-state index < -0.39 is 0 Å². The number of hydrogen-bond donors (Lipinski definition) is 0. The number of rotatable bonds is 3. The molecule has 0 aliphatic carbocycles. The molecule has 1 aromatic carbocycles. The zero-order valence-corrected chi connectivity index (χ0v) is 11.8. The maximum absolute atomic E-state index is 12.6. The van der Waals surface area contributed by atoms with Crippen molar-refractivity contribution < 1.29 is 9.21 Å². The highest BCUT2D eigenvalue weighted by Crippen LogP contribution is 2.35. The second-order valence-corrected chi connectivity index (χ2v) is 5.92. The second-order valence-electron chi connectivity index (χ2n) is 5.92. The van der Waals surface area contributed by atoms with Crippen LogP contribution in [0.2, 0.25) is 0 Å². The molecule has 1 amide bonds. The third kappa shape index (κ3) is 2.25. The Hall–Kier alpha value is -2.07. The lowest BCUT2D eigenvalue weighted by molar-refractivity contribution is -0.120. The highest BCUT2D eigenvalue weighted by molar-refractivity contribution is 5.98. The second kappa shape index (κ2) is 5.04. The summed E-state index contributed by atoms with van der Waals surface area (Å²) in [5, 5.41) is 0. The summed E-state index contributed by atoms with van der Waals surface area (Å²) in [6, 6.07) is 13.9. The first kappa shape index (κ1) is 12.7. The Labute approximate surface area is 124 Å². The van der Waals surface area contributed by atoms with Gasteiger partial charge in [0.2, 0.25) is 5.91 Å². The van der Waals surface area contributed by atoms with Crippen LogP contribution in [0, 0.1) is 11.8 Å². The summed E-state index contributed by atoms with van der Waals surface area (Å²) in [6.45, 7) is 3.45. The Morgan fingerprint density at radius 3 is 2.62 bits per heavy atom. The number of fused-ring (bicyclic) bond motifs is 1. The molecule has 2 atom stereocenters. The molecule has 21 heavy (non-hydrogen) atoms. The fourth-order valence-corrected chi connectivity index (χ4v) is 3.54. The molecule has 4 nitrogen and oxygen atoms in total. The molecule has 3 heterocycles. The van der Waals surface area contributed by atoms with Gasteiger partial charge in [0, 0.05) is 31.2 Å². The largest absolute Gasteiger partial charge is 0.468 e. The molecule has 4 rings (SSSR count). The van der Waals surface area contributed by atoms with Gasteiger partial charge in [0.25, 0.3) is 0 Å². The van der Waals surface area contributed by atoms with E-state index in [2.05, 4.69) is 4.90 Å². The molecule has 0 N–H and O–H groups in total. The zero-order valence-electron chi connectivity index (χ0n) is 11.8. The Bertz CT molecular complexity index is 624. The van der Waals surface area contributed by atoms with Crippen molar-refractivity contribution in [3.05, 3.63) is 54.5 Å². The van der Waals surface area contributed by atoms with Crippen LogP contribution in [0.3, 0.4) is 0 Å². The average molecular weight is 282 g/mol. The highest BCUT2D eigenvalue weighted by Gasteiger charge is 2.46. The fraction of sp³-hybridized carbons (Fsp3) is 0.353. The number of hydrogen-bond acceptors (Lipinski definition) is 3. The standard InChI is InChI=1S/C17H18N2O2/c20-17-16-12-18(11-15-7-4-8-21-15)9-13(16)10-19(17)14-5-2-1-3-6-14/h1-8,13,16H,9-12H2/t13-,16-/m0/s1. The molecule has 2 aliphatic rings. The van der Waals surface area contributed by atoms with E-state index in [0.29, 0.717) is 5.92 Å². The number of anilines is 1. The van der Waals surface area contributed by atoms with Crippen LogP contribution in [0.5, 0.6) is 0 Å². The highest BCUT2D eigenvalue weighted by atomic mass is 16.3. The molecular formula is C17H18N2O2. The number of para-hydroxylation sites is 1. The molecule has 0 unspecified atom stereocenters. The van der Waals surface area contributed by atoms with Crippen molar-refractivity contribution in [1.29, 1.82) is 0 Å². The van der Waals surface area contributed by atoms with Gasteiger partial charge >= 0.3 is 0 Å².